The quantitative estimate of drug-likeness (QED) is 0.142. The molecule has 0 spiro atoms. The van der Waals surface area contributed by atoms with Gasteiger partial charge in [-0.2, -0.15) is 0 Å². The van der Waals surface area contributed by atoms with Gasteiger partial charge in [-0.3, -0.25) is 0 Å². The fraction of sp³-hybridized carbons (Fsp3) is 0.633. The largest absolute Gasteiger partial charge is 0.494 e. The van der Waals surface area contributed by atoms with Gasteiger partial charge in [-0.25, -0.2) is 29.5 Å². The first-order valence-corrected chi connectivity index (χ1v) is 27.9. The highest BCUT2D eigenvalue weighted by Gasteiger charge is 2.52. The van der Waals surface area contributed by atoms with Crippen molar-refractivity contribution < 1.29 is 28.4 Å². The number of carbonyl (C=O) groups excluding carboxylic acids is 2. The van der Waals surface area contributed by atoms with Gasteiger partial charge >= 0.3 is 19.3 Å². The Morgan fingerprint density at radius 1 is 0.526 bits per heavy atom. The molecule has 14 nitrogen and oxygen atoms in total. The zero-order valence-corrected chi connectivity index (χ0v) is 50.0. The number of fused-ring (bicyclic) bond motifs is 2. The third-order valence-electron chi connectivity index (χ3n) is 16.2. The molecule has 2 aromatic heterocycles. The van der Waals surface area contributed by atoms with Crippen LogP contribution in [0.4, 0.5) is 21.5 Å². The van der Waals surface area contributed by atoms with Crippen LogP contribution in [0.5, 0.6) is 0 Å². The molecule has 0 unspecified atom stereocenters. The molecule has 3 aliphatic heterocycles. The molecule has 0 radical (unpaired) electrons. The van der Waals surface area contributed by atoms with Crippen LogP contribution in [0.2, 0.25) is 5.15 Å². The van der Waals surface area contributed by atoms with Gasteiger partial charge in [0.15, 0.2) is 0 Å². The molecule has 3 saturated heterocycles. The average Bonchev–Trinajstić information content (AvgIpc) is 3.56. The van der Waals surface area contributed by atoms with Crippen LogP contribution in [-0.2, 0) is 40.4 Å². The normalized spacial score (nSPS) is 21.0. The van der Waals surface area contributed by atoms with Crippen molar-refractivity contribution in [3.05, 3.63) is 88.3 Å². The van der Waals surface area contributed by atoms with Gasteiger partial charge in [-0.05, 0) is 162 Å². The van der Waals surface area contributed by atoms with E-state index in [0.717, 1.165) is 16.7 Å². The molecule has 0 atom stereocenters. The average molecular weight is 1060 g/mol. The van der Waals surface area contributed by atoms with E-state index in [4.69, 9.17) is 35.4 Å². The topological polar surface area (TPSA) is 136 Å². The zero-order chi connectivity index (χ0) is 56.0. The number of hydrogen-bond donors (Lipinski definition) is 0. The van der Waals surface area contributed by atoms with Gasteiger partial charge in [0.25, 0.3) is 0 Å². The van der Waals surface area contributed by atoms with E-state index in [0.29, 0.717) is 69.4 Å². The number of amides is 2. The van der Waals surface area contributed by atoms with Gasteiger partial charge in [-0.15, -0.1) is 0 Å². The molecular formula is C60H88BClN8O6. The molecule has 3 fully saturated rings. The van der Waals surface area contributed by atoms with Crippen molar-refractivity contribution in [2.45, 2.75) is 194 Å². The van der Waals surface area contributed by atoms with Crippen LogP contribution in [0.3, 0.4) is 0 Å². The van der Waals surface area contributed by atoms with Crippen LogP contribution in [-0.4, -0.2) is 124 Å². The molecule has 2 aliphatic carbocycles. The van der Waals surface area contributed by atoms with E-state index < -0.39 is 11.2 Å². The summed E-state index contributed by atoms with van der Waals surface area (Å²) in [5.41, 5.74) is 8.35. The van der Waals surface area contributed by atoms with Crippen LogP contribution in [0, 0.1) is 0 Å². The number of nitrogens with zero attached hydrogens (tertiary/aromatic N) is 8. The van der Waals surface area contributed by atoms with Crippen LogP contribution < -0.4 is 15.3 Å². The second kappa shape index (κ2) is 21.7. The molecule has 76 heavy (non-hydrogen) atoms. The van der Waals surface area contributed by atoms with Crippen LogP contribution in [0.1, 0.15) is 173 Å². The summed E-state index contributed by atoms with van der Waals surface area (Å²) in [6.45, 7) is 43.6. The van der Waals surface area contributed by atoms with E-state index in [1.54, 1.807) is 22.1 Å². The lowest BCUT2D eigenvalue weighted by Gasteiger charge is -2.42. The molecule has 0 N–H and O–H groups in total. The molecule has 5 heterocycles. The Labute approximate surface area is 460 Å². The summed E-state index contributed by atoms with van der Waals surface area (Å²) in [6.07, 6.45) is 7.80. The second-order valence-corrected chi connectivity index (χ2v) is 27.4. The zero-order valence-electron chi connectivity index (χ0n) is 49.2. The second-order valence-electron chi connectivity index (χ2n) is 27.0. The number of aromatic nitrogens is 4. The van der Waals surface area contributed by atoms with Crippen molar-refractivity contribution >= 4 is 48.3 Å². The first-order valence-electron chi connectivity index (χ1n) is 27.5. The summed E-state index contributed by atoms with van der Waals surface area (Å²) < 4.78 is 23.3. The van der Waals surface area contributed by atoms with Crippen LogP contribution in [0.25, 0.3) is 11.3 Å². The molecule has 0 saturated carbocycles. The molecule has 2 aromatic carbocycles. The molecule has 9 rings (SSSR count). The lowest BCUT2D eigenvalue weighted by Crippen LogP contribution is -2.50. The molecule has 414 valence electrons. The molecule has 4 aromatic rings. The Hall–Kier alpha value is -4.99. The summed E-state index contributed by atoms with van der Waals surface area (Å²) in [7, 11) is -0.272. The number of benzene rings is 2. The number of hydrogen-bond acceptors (Lipinski definition) is 12. The maximum absolute atomic E-state index is 12.4. The van der Waals surface area contributed by atoms with Crippen LogP contribution >= 0.6 is 11.6 Å². The number of anilines is 2. The minimum Gasteiger partial charge on any atom is -0.444 e. The van der Waals surface area contributed by atoms with Crippen molar-refractivity contribution in [2.75, 3.05) is 62.2 Å². The lowest BCUT2D eigenvalue weighted by molar-refractivity contribution is 0.00578. The highest BCUT2D eigenvalue weighted by atomic mass is 35.5. The fourth-order valence-corrected chi connectivity index (χ4v) is 10.6. The molecule has 2 amide bonds. The Morgan fingerprint density at radius 2 is 0.921 bits per heavy atom. The Morgan fingerprint density at radius 3 is 1.36 bits per heavy atom. The predicted molar refractivity (Wildman–Crippen MR) is 307 cm³/mol. The van der Waals surface area contributed by atoms with Gasteiger partial charge in [0.1, 0.15) is 16.4 Å². The maximum Gasteiger partial charge on any atom is 0.494 e. The summed E-state index contributed by atoms with van der Waals surface area (Å²) in [4.78, 5) is 49.7. The monoisotopic (exact) mass is 1060 g/mol. The van der Waals surface area contributed by atoms with Crippen LogP contribution in [0.15, 0.2) is 60.9 Å². The van der Waals surface area contributed by atoms with Gasteiger partial charge in [-0.1, -0.05) is 97.3 Å². The standard InChI is InChI=1S/C27H38N4O2.C20H31BO2.C13H19ClN4O2/c1-25(2,3)33-24(32)31-16-14-30(15-17-31)23-28-13-10-22(29-23)19-8-9-20-21(18-19)27(6,7)12-11-26(20,4)5;1-17(2)11-12-18(3,4)16-13-14(9-10-15(16)17)21-22-19(5,6)20(7,8)23-21;1-13(2,3)20-12(19)18-8-6-17(7-9-18)11-15-5-4-10(14)16-11/h8-10,13,18H,11-12,14-17H2,1-7H3;9-10,13H,11-12H2,1-8H3;4-5H,6-9H2,1-3H3. The summed E-state index contributed by atoms with van der Waals surface area (Å²) in [5, 5.41) is 0.421. The van der Waals surface area contributed by atoms with E-state index >= 15 is 0 Å². The molecule has 5 aliphatic rings. The highest BCUT2D eigenvalue weighted by molar-refractivity contribution is 6.62. The van der Waals surface area contributed by atoms with Crippen molar-refractivity contribution in [3.63, 3.8) is 0 Å². The van der Waals surface area contributed by atoms with Crippen molar-refractivity contribution in [2.24, 2.45) is 0 Å². The first kappa shape index (κ1) is 58.7. The van der Waals surface area contributed by atoms with Gasteiger partial charge < -0.3 is 38.4 Å². The third-order valence-corrected chi connectivity index (χ3v) is 16.4. The number of piperazine rings is 2. The van der Waals surface area contributed by atoms with Crippen molar-refractivity contribution in [3.8, 4) is 11.3 Å². The number of halogens is 1. The number of carbonyl (C=O) groups is 2. The van der Waals surface area contributed by atoms with Gasteiger partial charge in [0.05, 0.1) is 16.9 Å². The van der Waals surface area contributed by atoms with Crippen molar-refractivity contribution in [1.82, 2.24) is 29.7 Å². The van der Waals surface area contributed by atoms with Gasteiger partial charge in [0, 0.05) is 70.3 Å². The summed E-state index contributed by atoms with van der Waals surface area (Å²) in [6, 6.07) is 17.3. The van der Waals surface area contributed by atoms with E-state index in [9.17, 15) is 9.59 Å². The van der Waals surface area contributed by atoms with E-state index in [-0.39, 0.29) is 52.2 Å². The predicted octanol–water partition coefficient (Wildman–Crippen LogP) is 12.1. The Balaban J connectivity index is 0.000000173. The molecule has 0 bridgehead atoms. The molecular weight excluding hydrogens is 975 g/mol. The van der Waals surface area contributed by atoms with Gasteiger partial charge in [0.2, 0.25) is 11.9 Å². The Kier molecular flexibility index (Phi) is 16.7. The SMILES string of the molecule is CC(C)(C)OC(=O)N1CCN(c2nccc(-c3ccc4c(c3)C(C)(C)CCC4(C)C)n2)CC1.CC(C)(C)OC(=O)N1CCN(c2nccc(Cl)n2)CC1.CC1(C)CCC(C)(C)c2cc(B3OC(C)(C)C(C)(C)O3)ccc21. The van der Waals surface area contributed by atoms with E-state index in [1.807, 2.05) is 58.7 Å². The first-order chi connectivity index (χ1) is 35.1. The lowest BCUT2D eigenvalue weighted by atomic mass is 9.61. The fourth-order valence-electron chi connectivity index (χ4n) is 10.5. The van der Waals surface area contributed by atoms with E-state index in [2.05, 4.69) is 139 Å². The minimum atomic E-state index is -0.482. The highest BCUT2D eigenvalue weighted by Crippen LogP contribution is 2.48. The number of rotatable bonds is 4. The minimum absolute atomic E-state index is 0.161. The smallest absolute Gasteiger partial charge is 0.444 e. The van der Waals surface area contributed by atoms with Crippen molar-refractivity contribution in [1.29, 1.82) is 0 Å². The van der Waals surface area contributed by atoms with E-state index in [1.165, 1.54) is 47.9 Å². The third kappa shape index (κ3) is 13.8. The summed E-state index contributed by atoms with van der Waals surface area (Å²) >= 11 is 5.85. The maximum atomic E-state index is 12.4. The summed E-state index contributed by atoms with van der Waals surface area (Å²) in [5.74, 6) is 1.31. The Bertz CT molecular complexity index is 2700. The number of ether oxygens (including phenoxy) is 2. The molecule has 16 heteroatoms.